The molecule has 1 saturated carbocycles. The third-order valence-corrected chi connectivity index (χ3v) is 8.37. The van der Waals surface area contributed by atoms with E-state index in [0.29, 0.717) is 20.6 Å². The van der Waals surface area contributed by atoms with Crippen LogP contribution in [0.3, 0.4) is 0 Å². The van der Waals surface area contributed by atoms with Crippen LogP contribution in [0.25, 0.3) is 0 Å². The summed E-state index contributed by atoms with van der Waals surface area (Å²) in [6, 6.07) is 10.3. The SMILES string of the molecule is C[C@@H](C(=O)NC1CCCCC1)N(Cc1c(Cl)cccc1Cl)C(=O)CN(c1cccc(Cl)c1)S(C)(=O)=O. The summed E-state index contributed by atoms with van der Waals surface area (Å²) < 4.78 is 26.2. The van der Waals surface area contributed by atoms with E-state index in [-0.39, 0.29) is 24.2 Å². The number of hydrogen-bond acceptors (Lipinski definition) is 4. The van der Waals surface area contributed by atoms with Crippen molar-refractivity contribution in [2.24, 2.45) is 0 Å². The number of nitrogens with zero attached hydrogens (tertiary/aromatic N) is 2. The highest BCUT2D eigenvalue weighted by Crippen LogP contribution is 2.28. The van der Waals surface area contributed by atoms with Gasteiger partial charge >= 0.3 is 0 Å². The molecular weight excluding hydrogens is 545 g/mol. The van der Waals surface area contributed by atoms with Crippen molar-refractivity contribution >= 4 is 62.3 Å². The number of anilines is 1. The summed E-state index contributed by atoms with van der Waals surface area (Å²) in [6.07, 6.45) is 6.01. The molecule has 2 aromatic carbocycles. The number of halogens is 3. The van der Waals surface area contributed by atoms with Gasteiger partial charge in [0.15, 0.2) is 0 Å². The van der Waals surface area contributed by atoms with E-state index < -0.39 is 28.5 Å². The van der Waals surface area contributed by atoms with E-state index in [1.807, 2.05) is 0 Å². The molecule has 1 atom stereocenters. The van der Waals surface area contributed by atoms with Gasteiger partial charge in [-0.1, -0.05) is 66.2 Å². The van der Waals surface area contributed by atoms with Crippen LogP contribution in [0.2, 0.25) is 15.1 Å². The van der Waals surface area contributed by atoms with Crippen LogP contribution >= 0.6 is 34.8 Å². The average molecular weight is 575 g/mol. The molecule has 0 unspecified atom stereocenters. The van der Waals surface area contributed by atoms with Gasteiger partial charge in [-0.3, -0.25) is 13.9 Å². The Hall–Kier alpha value is -2.00. The lowest BCUT2D eigenvalue weighted by Gasteiger charge is -2.33. The highest BCUT2D eigenvalue weighted by molar-refractivity contribution is 7.92. The number of hydrogen-bond donors (Lipinski definition) is 1. The molecule has 196 valence electrons. The number of benzene rings is 2. The van der Waals surface area contributed by atoms with Gasteiger partial charge in [0.25, 0.3) is 0 Å². The molecule has 0 aromatic heterocycles. The number of rotatable bonds is 9. The first kappa shape index (κ1) is 28.6. The number of carbonyl (C=O) groups is 2. The molecule has 2 amide bonds. The van der Waals surface area contributed by atoms with Crippen LogP contribution in [-0.2, 0) is 26.2 Å². The lowest BCUT2D eigenvalue weighted by Crippen LogP contribution is -2.53. The molecule has 1 N–H and O–H groups in total. The molecule has 1 aliphatic carbocycles. The molecule has 7 nitrogen and oxygen atoms in total. The standard InChI is InChI=1S/C25H30Cl3N3O4S/c1-17(25(33)29-19-9-4-3-5-10-19)30(15-21-22(27)12-7-13-23(21)28)24(32)16-31(36(2,34)35)20-11-6-8-18(26)14-20/h6-8,11-14,17,19H,3-5,9-10,15-16H2,1-2H3,(H,29,33)/t17-/m0/s1. The summed E-state index contributed by atoms with van der Waals surface area (Å²) in [6.45, 7) is 1.02. The van der Waals surface area contributed by atoms with Gasteiger partial charge in [0.05, 0.1) is 11.9 Å². The Bertz CT molecular complexity index is 1180. The molecule has 0 bridgehead atoms. The van der Waals surface area contributed by atoms with Gasteiger partial charge in [-0.05, 0) is 50.1 Å². The molecule has 0 heterocycles. The van der Waals surface area contributed by atoms with Gasteiger partial charge in [-0.15, -0.1) is 0 Å². The van der Waals surface area contributed by atoms with Crippen LogP contribution in [0.5, 0.6) is 0 Å². The third kappa shape index (κ3) is 7.51. The maximum absolute atomic E-state index is 13.6. The maximum Gasteiger partial charge on any atom is 0.244 e. The van der Waals surface area contributed by atoms with Crippen molar-refractivity contribution in [3.05, 3.63) is 63.1 Å². The quantitative estimate of drug-likeness (QED) is 0.442. The summed E-state index contributed by atoms with van der Waals surface area (Å²) in [5.74, 6) is -0.894. The maximum atomic E-state index is 13.6. The minimum Gasteiger partial charge on any atom is -0.352 e. The second-order valence-corrected chi connectivity index (χ2v) is 12.1. The Labute approximate surface area is 227 Å². The van der Waals surface area contributed by atoms with Crippen molar-refractivity contribution in [3.63, 3.8) is 0 Å². The number of nitrogens with one attached hydrogen (secondary N) is 1. The number of amides is 2. The number of sulfonamides is 1. The molecule has 1 aliphatic rings. The van der Waals surface area contributed by atoms with Gasteiger partial charge in [0.2, 0.25) is 21.8 Å². The van der Waals surface area contributed by atoms with Crippen molar-refractivity contribution in [2.45, 2.75) is 57.7 Å². The summed E-state index contributed by atoms with van der Waals surface area (Å²) in [4.78, 5) is 28.2. The first-order chi connectivity index (χ1) is 17.0. The van der Waals surface area contributed by atoms with E-state index in [1.54, 1.807) is 43.3 Å². The zero-order chi connectivity index (χ0) is 26.5. The van der Waals surface area contributed by atoms with Gasteiger partial charge in [0.1, 0.15) is 12.6 Å². The van der Waals surface area contributed by atoms with Gasteiger partial charge in [0, 0.05) is 33.2 Å². The molecule has 0 aliphatic heterocycles. The van der Waals surface area contributed by atoms with E-state index in [4.69, 9.17) is 34.8 Å². The van der Waals surface area contributed by atoms with Crippen LogP contribution in [0.15, 0.2) is 42.5 Å². The smallest absolute Gasteiger partial charge is 0.244 e. The Balaban J connectivity index is 1.91. The van der Waals surface area contributed by atoms with E-state index in [1.165, 1.54) is 11.0 Å². The normalized spacial score (nSPS) is 15.2. The fraction of sp³-hybridized carbons (Fsp3) is 0.440. The zero-order valence-corrected chi connectivity index (χ0v) is 23.3. The van der Waals surface area contributed by atoms with Crippen molar-refractivity contribution in [3.8, 4) is 0 Å². The first-order valence-corrected chi connectivity index (χ1v) is 14.7. The molecule has 3 rings (SSSR count). The molecule has 2 aromatic rings. The second-order valence-electron chi connectivity index (χ2n) is 8.99. The van der Waals surface area contributed by atoms with Gasteiger partial charge in [-0.2, -0.15) is 0 Å². The highest BCUT2D eigenvalue weighted by Gasteiger charge is 2.32. The minimum atomic E-state index is -3.85. The summed E-state index contributed by atoms with van der Waals surface area (Å²) in [5, 5.41) is 4.06. The van der Waals surface area contributed by atoms with Crippen molar-refractivity contribution in [2.75, 3.05) is 17.1 Å². The predicted molar refractivity (Wildman–Crippen MR) is 145 cm³/mol. The highest BCUT2D eigenvalue weighted by atomic mass is 35.5. The monoisotopic (exact) mass is 573 g/mol. The summed E-state index contributed by atoms with van der Waals surface area (Å²) in [7, 11) is -3.85. The summed E-state index contributed by atoms with van der Waals surface area (Å²) in [5.41, 5.74) is 0.716. The molecule has 0 spiro atoms. The fourth-order valence-electron chi connectivity index (χ4n) is 4.25. The van der Waals surface area contributed by atoms with Gasteiger partial charge in [-0.25, -0.2) is 8.42 Å². The Kier molecular flexibility index (Phi) is 9.92. The molecule has 1 fully saturated rings. The van der Waals surface area contributed by atoms with Gasteiger partial charge < -0.3 is 10.2 Å². The lowest BCUT2D eigenvalue weighted by atomic mass is 9.95. The minimum absolute atomic E-state index is 0.0496. The van der Waals surface area contributed by atoms with Crippen molar-refractivity contribution in [1.29, 1.82) is 0 Å². The first-order valence-electron chi connectivity index (χ1n) is 11.7. The van der Waals surface area contributed by atoms with Crippen LogP contribution in [0.4, 0.5) is 5.69 Å². The van der Waals surface area contributed by atoms with Crippen LogP contribution in [0, 0.1) is 0 Å². The van der Waals surface area contributed by atoms with E-state index in [9.17, 15) is 18.0 Å². The molecular formula is C25H30Cl3N3O4S. The van der Waals surface area contributed by atoms with E-state index in [0.717, 1.165) is 42.7 Å². The molecule has 11 heteroatoms. The van der Waals surface area contributed by atoms with Crippen LogP contribution in [-0.4, -0.2) is 50.0 Å². The predicted octanol–water partition coefficient (Wildman–Crippen LogP) is 5.28. The third-order valence-electron chi connectivity index (χ3n) is 6.28. The Morgan fingerprint density at radius 3 is 2.22 bits per heavy atom. The average Bonchev–Trinajstić information content (AvgIpc) is 2.81. The van der Waals surface area contributed by atoms with E-state index >= 15 is 0 Å². The molecule has 0 saturated heterocycles. The summed E-state index contributed by atoms with van der Waals surface area (Å²) >= 11 is 18.8. The number of carbonyl (C=O) groups excluding carboxylic acids is 2. The largest absolute Gasteiger partial charge is 0.352 e. The van der Waals surface area contributed by atoms with Crippen LogP contribution in [0.1, 0.15) is 44.6 Å². The fourth-order valence-corrected chi connectivity index (χ4v) is 5.79. The van der Waals surface area contributed by atoms with Crippen molar-refractivity contribution < 1.29 is 18.0 Å². The molecule has 0 radical (unpaired) electrons. The second kappa shape index (κ2) is 12.5. The van der Waals surface area contributed by atoms with E-state index in [2.05, 4.69) is 5.32 Å². The lowest BCUT2D eigenvalue weighted by molar-refractivity contribution is -0.139. The van der Waals surface area contributed by atoms with Crippen LogP contribution < -0.4 is 9.62 Å². The Morgan fingerprint density at radius 1 is 1.03 bits per heavy atom. The topological polar surface area (TPSA) is 86.8 Å². The molecule has 36 heavy (non-hydrogen) atoms. The Morgan fingerprint density at radius 2 is 1.64 bits per heavy atom. The zero-order valence-electron chi connectivity index (χ0n) is 20.2. The van der Waals surface area contributed by atoms with Crippen molar-refractivity contribution in [1.82, 2.24) is 10.2 Å².